The lowest BCUT2D eigenvalue weighted by Gasteiger charge is -2.11. The zero-order valence-electron chi connectivity index (χ0n) is 21.3. The number of sulfone groups is 1. The fourth-order valence-corrected chi connectivity index (χ4v) is 6.83. The second-order valence-corrected chi connectivity index (χ2v) is 15.6. The number of nitrogens with zero attached hydrogens (tertiary/aromatic N) is 2. The molecule has 0 heterocycles. The zero-order valence-corrected chi connectivity index (χ0v) is 25.4. The molecular weight excluding hydrogens is 671 g/mol. The minimum Gasteiger partial charge on any atom is -0.397 e. The summed E-state index contributed by atoms with van der Waals surface area (Å²) in [4.78, 5) is -4.71. The normalized spacial score (nSPS) is 14.9. The van der Waals surface area contributed by atoms with E-state index in [1.807, 2.05) is 0 Å². The molecule has 2 rings (SSSR count). The number of anilines is 1. The summed E-state index contributed by atoms with van der Waals surface area (Å²) in [6.45, 7) is 1.46. The summed E-state index contributed by atoms with van der Waals surface area (Å²) in [5, 5.41) is 7.00. The standard InChI is InChI=1S/C19H23N3O15S5/c1-3-4-14-13(11(2)39(25,26)27)5-6-15(20)18(14)21-22-19-16(40(28,29)30)9-12(10-17(19)41(31,32)33)38(23,24)8-7-37-42(34,35)36/h4-6,9-10H,3,7-8,20H2,1-2H3,(H,25,26,27)(H,28,29,30)(H,31,32,33)(H,34,35,36)/b13-11+,14-4+,22-21?. The lowest BCUT2D eigenvalue weighted by Crippen LogP contribution is -2.29. The third-order valence-corrected chi connectivity index (χ3v) is 10.0. The predicted octanol–water partition coefficient (Wildman–Crippen LogP) is -0.0229. The largest absolute Gasteiger partial charge is 0.397 e. The highest BCUT2D eigenvalue weighted by atomic mass is 32.3. The van der Waals surface area contributed by atoms with E-state index in [1.54, 1.807) is 6.92 Å². The maximum atomic E-state index is 12.7. The van der Waals surface area contributed by atoms with Gasteiger partial charge in [0.15, 0.2) is 9.84 Å². The van der Waals surface area contributed by atoms with Crippen LogP contribution in [0, 0.1) is 0 Å². The van der Waals surface area contributed by atoms with Crippen molar-refractivity contribution in [3.63, 3.8) is 0 Å². The Labute approximate surface area is 240 Å². The Balaban J connectivity index is 3.00. The van der Waals surface area contributed by atoms with Gasteiger partial charge in [0.2, 0.25) is 0 Å². The van der Waals surface area contributed by atoms with Crippen molar-refractivity contribution in [3.8, 4) is 0 Å². The molecule has 0 spiro atoms. The summed E-state index contributed by atoms with van der Waals surface area (Å²) < 4.78 is 160. The van der Waals surface area contributed by atoms with Crippen LogP contribution in [0.1, 0.15) is 20.3 Å². The van der Waals surface area contributed by atoms with Crippen LogP contribution in [0.3, 0.4) is 0 Å². The topological polar surface area (TPSA) is 312 Å². The minimum absolute atomic E-state index is 0.0591. The molecule has 0 aliphatic carbocycles. The number of hydrogen-bond donors (Lipinski definition) is 5. The fraction of sp³-hybridized carbons (Fsp3) is 0.263. The molecule has 0 unspecified atom stereocenters. The molecule has 42 heavy (non-hydrogen) atoms. The van der Waals surface area contributed by atoms with Gasteiger partial charge in [0.1, 0.15) is 21.2 Å². The van der Waals surface area contributed by atoms with E-state index < -0.39 is 88.2 Å². The molecule has 0 radical (unpaired) electrons. The Morgan fingerprint density at radius 1 is 0.857 bits per heavy atom. The van der Waals surface area contributed by atoms with Crippen LogP contribution in [0.2, 0.25) is 0 Å². The SMILES string of the molecule is CC/C=c1/c(N=Nc2c(S(=O)(=O)O)cc(S(=O)(=O)CCOS(=O)(=O)O)cc2S(=O)(=O)O)c(N)cc/c1=C(/C)S(=O)(=O)O. The number of nitrogen functional groups attached to an aromatic ring is 1. The van der Waals surface area contributed by atoms with E-state index in [0.29, 0.717) is 0 Å². The van der Waals surface area contributed by atoms with Crippen molar-refractivity contribution >= 4 is 78.6 Å². The van der Waals surface area contributed by atoms with Crippen LogP contribution < -0.4 is 16.2 Å². The van der Waals surface area contributed by atoms with Gasteiger partial charge in [-0.1, -0.05) is 19.1 Å². The van der Waals surface area contributed by atoms with Gasteiger partial charge in [-0.15, -0.1) is 10.2 Å². The van der Waals surface area contributed by atoms with Gasteiger partial charge in [-0.25, -0.2) is 12.6 Å². The maximum absolute atomic E-state index is 12.7. The van der Waals surface area contributed by atoms with E-state index in [9.17, 15) is 55.7 Å². The highest BCUT2D eigenvalue weighted by Crippen LogP contribution is 2.36. The minimum atomic E-state index is -5.54. The molecular formula is C19H23N3O15S5. The van der Waals surface area contributed by atoms with E-state index >= 15 is 0 Å². The van der Waals surface area contributed by atoms with Crippen LogP contribution >= 0.6 is 0 Å². The molecule has 2 aromatic carbocycles. The Hall–Kier alpha value is -2.87. The van der Waals surface area contributed by atoms with Gasteiger partial charge in [-0.2, -0.15) is 33.7 Å². The molecule has 0 amide bonds. The van der Waals surface area contributed by atoms with Crippen molar-refractivity contribution in [2.75, 3.05) is 18.1 Å². The Morgan fingerprint density at radius 3 is 1.79 bits per heavy atom. The van der Waals surface area contributed by atoms with Crippen LogP contribution in [0.25, 0.3) is 11.0 Å². The van der Waals surface area contributed by atoms with Crippen molar-refractivity contribution in [3.05, 3.63) is 34.7 Å². The summed E-state index contributed by atoms with van der Waals surface area (Å²) in [5.41, 5.74) is 4.03. The van der Waals surface area contributed by atoms with E-state index in [0.717, 1.165) is 13.0 Å². The van der Waals surface area contributed by atoms with Crippen LogP contribution in [0.4, 0.5) is 17.1 Å². The third-order valence-electron chi connectivity index (χ3n) is 5.19. The Kier molecular flexibility index (Phi) is 10.4. The first kappa shape index (κ1) is 35.3. The Morgan fingerprint density at radius 2 is 1.36 bits per heavy atom. The van der Waals surface area contributed by atoms with E-state index in [1.165, 1.54) is 12.1 Å². The van der Waals surface area contributed by atoms with Gasteiger partial charge in [0, 0.05) is 10.4 Å². The van der Waals surface area contributed by atoms with Gasteiger partial charge in [-0.05, 0) is 31.5 Å². The maximum Gasteiger partial charge on any atom is 0.397 e. The first-order chi connectivity index (χ1) is 18.9. The summed E-state index contributed by atoms with van der Waals surface area (Å²) in [6, 6.07) is 2.80. The average Bonchev–Trinajstić information content (AvgIpc) is 2.80. The molecule has 0 aliphatic rings. The molecule has 0 atom stereocenters. The zero-order chi connectivity index (χ0) is 32.5. The van der Waals surface area contributed by atoms with Crippen molar-refractivity contribution < 1.29 is 64.5 Å². The van der Waals surface area contributed by atoms with Gasteiger partial charge < -0.3 is 5.73 Å². The smallest absolute Gasteiger partial charge is 0.397 e. The second-order valence-electron chi connectivity index (χ2n) is 8.10. The number of nitrogens with two attached hydrogens (primary N) is 1. The molecule has 6 N–H and O–H groups in total. The molecule has 0 saturated heterocycles. The second kappa shape index (κ2) is 12.4. The summed E-state index contributed by atoms with van der Waals surface area (Å²) in [7, 11) is -25.7. The number of azo groups is 1. The van der Waals surface area contributed by atoms with E-state index in [4.69, 9.17) is 10.3 Å². The number of hydrogen-bond acceptors (Lipinski definition) is 14. The highest BCUT2D eigenvalue weighted by molar-refractivity contribution is 7.95. The van der Waals surface area contributed by atoms with Gasteiger partial charge in [0.05, 0.1) is 27.8 Å². The molecule has 234 valence electrons. The molecule has 0 aliphatic heterocycles. The molecule has 23 heteroatoms. The van der Waals surface area contributed by atoms with Crippen molar-refractivity contribution in [1.82, 2.24) is 0 Å². The fourth-order valence-electron chi connectivity index (χ4n) is 3.29. The number of benzene rings is 2. The first-order valence-corrected chi connectivity index (χ1v) is 18.2. The molecule has 0 fully saturated rings. The summed E-state index contributed by atoms with van der Waals surface area (Å²) >= 11 is 0. The lowest BCUT2D eigenvalue weighted by atomic mass is 10.1. The average molecular weight is 694 g/mol. The Bertz CT molecular complexity index is 2070. The number of rotatable bonds is 11. The summed E-state index contributed by atoms with van der Waals surface area (Å²) in [5.74, 6) is -1.26. The highest BCUT2D eigenvalue weighted by Gasteiger charge is 2.30. The first-order valence-electron chi connectivity index (χ1n) is 10.9. The van der Waals surface area contributed by atoms with E-state index in [2.05, 4.69) is 14.4 Å². The monoisotopic (exact) mass is 693 g/mol. The van der Waals surface area contributed by atoms with Crippen molar-refractivity contribution in [2.24, 2.45) is 10.2 Å². The molecule has 18 nitrogen and oxygen atoms in total. The van der Waals surface area contributed by atoms with Crippen molar-refractivity contribution in [2.45, 2.75) is 35.0 Å². The van der Waals surface area contributed by atoms with Gasteiger partial charge >= 0.3 is 10.4 Å². The molecule has 0 bridgehead atoms. The van der Waals surface area contributed by atoms with Gasteiger partial charge in [0.25, 0.3) is 30.4 Å². The molecule has 2 aromatic rings. The van der Waals surface area contributed by atoms with Crippen LogP contribution in [-0.4, -0.2) is 72.7 Å². The quantitative estimate of drug-likeness (QED) is 0.117. The predicted molar refractivity (Wildman–Crippen MR) is 145 cm³/mol. The molecule has 0 aromatic heterocycles. The van der Waals surface area contributed by atoms with Crippen LogP contribution in [0.15, 0.2) is 49.2 Å². The molecule has 0 saturated carbocycles. The van der Waals surface area contributed by atoms with Crippen LogP contribution in [-0.2, 0) is 54.8 Å². The third kappa shape index (κ3) is 8.82. The lowest BCUT2D eigenvalue weighted by molar-refractivity contribution is 0.284. The van der Waals surface area contributed by atoms with Crippen LogP contribution in [0.5, 0.6) is 0 Å². The van der Waals surface area contributed by atoms with Gasteiger partial charge in [-0.3, -0.25) is 18.2 Å². The summed E-state index contributed by atoms with van der Waals surface area (Å²) in [6.07, 6.45) is 1.60. The van der Waals surface area contributed by atoms with Crippen molar-refractivity contribution in [1.29, 1.82) is 0 Å². The van der Waals surface area contributed by atoms with E-state index in [-0.39, 0.29) is 40.4 Å².